The van der Waals surface area contributed by atoms with Crippen LogP contribution in [0.25, 0.3) is 5.65 Å². The predicted octanol–water partition coefficient (Wildman–Crippen LogP) is 2.27. The van der Waals surface area contributed by atoms with Crippen LogP contribution in [0, 0.1) is 0 Å². The van der Waals surface area contributed by atoms with Gasteiger partial charge in [0.1, 0.15) is 6.33 Å². The van der Waals surface area contributed by atoms with Crippen LogP contribution in [-0.4, -0.2) is 19.6 Å². The van der Waals surface area contributed by atoms with Gasteiger partial charge in [-0.05, 0) is 5.92 Å². The van der Waals surface area contributed by atoms with Gasteiger partial charge >= 0.3 is 0 Å². The lowest BCUT2D eigenvalue weighted by Crippen LogP contribution is -1.97. The van der Waals surface area contributed by atoms with Crippen LogP contribution in [0.4, 0.5) is 0 Å². The molecule has 0 amide bonds. The smallest absolute Gasteiger partial charge is 0.173 e. The standard InChI is InChI=1S/C8H10N4.C2H6/c1-6(2)7-4-12-8(3-9-7)10-5-11-12;1-2/h3-6H,1-2H3;1-2H3. The van der Waals surface area contributed by atoms with Crippen molar-refractivity contribution in [2.24, 2.45) is 0 Å². The van der Waals surface area contributed by atoms with Crippen LogP contribution in [0.2, 0.25) is 0 Å². The third-order valence-electron chi connectivity index (χ3n) is 1.78. The summed E-state index contributed by atoms with van der Waals surface area (Å²) in [6.07, 6.45) is 5.18. The summed E-state index contributed by atoms with van der Waals surface area (Å²) in [6.45, 7) is 8.20. The average Bonchev–Trinajstić information content (AvgIpc) is 2.67. The van der Waals surface area contributed by atoms with E-state index in [4.69, 9.17) is 0 Å². The van der Waals surface area contributed by atoms with Crippen molar-refractivity contribution in [3.8, 4) is 0 Å². The molecule has 0 aliphatic carbocycles. The minimum atomic E-state index is 0.429. The summed E-state index contributed by atoms with van der Waals surface area (Å²) in [7, 11) is 0. The first-order valence-electron chi connectivity index (χ1n) is 4.92. The van der Waals surface area contributed by atoms with Crippen molar-refractivity contribution in [2.45, 2.75) is 33.6 Å². The Balaban J connectivity index is 0.000000461. The molecule has 0 bridgehead atoms. The third kappa shape index (κ3) is 2.07. The lowest BCUT2D eigenvalue weighted by molar-refractivity contribution is 0.792. The van der Waals surface area contributed by atoms with Gasteiger partial charge in [0.2, 0.25) is 0 Å². The second-order valence-electron chi connectivity index (χ2n) is 3.03. The molecule has 2 heterocycles. The summed E-state index contributed by atoms with van der Waals surface area (Å²) in [4.78, 5) is 8.26. The quantitative estimate of drug-likeness (QED) is 0.696. The summed E-state index contributed by atoms with van der Waals surface area (Å²) in [6, 6.07) is 0. The lowest BCUT2D eigenvalue weighted by atomic mass is 10.1. The number of hydrogen-bond donors (Lipinski definition) is 0. The van der Waals surface area contributed by atoms with E-state index in [0.29, 0.717) is 5.92 Å². The van der Waals surface area contributed by atoms with Crippen molar-refractivity contribution in [3.63, 3.8) is 0 Å². The summed E-state index contributed by atoms with van der Waals surface area (Å²) >= 11 is 0. The van der Waals surface area contributed by atoms with Crippen molar-refractivity contribution < 1.29 is 0 Å². The molecule has 0 N–H and O–H groups in total. The summed E-state index contributed by atoms with van der Waals surface area (Å²) in [5.41, 5.74) is 1.83. The third-order valence-corrected chi connectivity index (χ3v) is 1.78. The van der Waals surface area contributed by atoms with E-state index in [-0.39, 0.29) is 0 Å². The molecule has 0 saturated carbocycles. The van der Waals surface area contributed by atoms with Gasteiger partial charge in [0, 0.05) is 0 Å². The lowest BCUT2D eigenvalue weighted by Gasteiger charge is -2.02. The van der Waals surface area contributed by atoms with Crippen LogP contribution in [0.5, 0.6) is 0 Å². The molecule has 0 saturated heterocycles. The maximum atomic E-state index is 4.26. The van der Waals surface area contributed by atoms with Crippen molar-refractivity contribution in [1.29, 1.82) is 0 Å². The van der Waals surface area contributed by atoms with Crippen molar-refractivity contribution in [3.05, 3.63) is 24.4 Å². The molecule has 0 aromatic carbocycles. The van der Waals surface area contributed by atoms with Gasteiger partial charge in [-0.3, -0.25) is 4.98 Å². The minimum Gasteiger partial charge on any atom is -0.255 e. The van der Waals surface area contributed by atoms with Crippen LogP contribution < -0.4 is 0 Å². The van der Waals surface area contributed by atoms with E-state index >= 15 is 0 Å². The molecule has 0 radical (unpaired) electrons. The minimum absolute atomic E-state index is 0.429. The van der Waals surface area contributed by atoms with Crippen LogP contribution in [0.15, 0.2) is 18.7 Å². The fourth-order valence-electron chi connectivity index (χ4n) is 1.04. The Bertz CT molecular complexity index is 392. The molecule has 2 rings (SSSR count). The molecule has 0 spiro atoms. The molecule has 0 aliphatic rings. The molecule has 0 fully saturated rings. The van der Waals surface area contributed by atoms with Crippen molar-refractivity contribution in [2.75, 3.05) is 0 Å². The number of nitrogens with zero attached hydrogens (tertiary/aromatic N) is 4. The fourth-order valence-corrected chi connectivity index (χ4v) is 1.04. The van der Waals surface area contributed by atoms with Crippen LogP contribution in [0.1, 0.15) is 39.3 Å². The highest BCUT2D eigenvalue weighted by atomic mass is 15.3. The average molecular weight is 192 g/mol. The van der Waals surface area contributed by atoms with E-state index in [2.05, 4.69) is 28.9 Å². The van der Waals surface area contributed by atoms with Gasteiger partial charge in [-0.1, -0.05) is 27.7 Å². The number of aromatic nitrogens is 4. The van der Waals surface area contributed by atoms with E-state index in [1.165, 1.54) is 6.33 Å². The maximum absolute atomic E-state index is 4.26. The van der Waals surface area contributed by atoms with Crippen LogP contribution in [0.3, 0.4) is 0 Å². The van der Waals surface area contributed by atoms with E-state index in [1.807, 2.05) is 20.0 Å². The Morgan fingerprint density at radius 3 is 2.57 bits per heavy atom. The van der Waals surface area contributed by atoms with E-state index in [0.717, 1.165) is 11.3 Å². The molecule has 0 atom stereocenters. The largest absolute Gasteiger partial charge is 0.255 e. The van der Waals surface area contributed by atoms with Crippen LogP contribution in [-0.2, 0) is 0 Å². The zero-order valence-corrected chi connectivity index (χ0v) is 9.10. The summed E-state index contributed by atoms with van der Waals surface area (Å²) < 4.78 is 1.74. The molecule has 0 unspecified atom stereocenters. The van der Waals surface area contributed by atoms with Crippen LogP contribution >= 0.6 is 0 Å². The van der Waals surface area contributed by atoms with Gasteiger partial charge in [-0.2, -0.15) is 5.10 Å². The molecule has 4 heteroatoms. The highest BCUT2D eigenvalue weighted by Gasteiger charge is 2.02. The van der Waals surface area contributed by atoms with E-state index < -0.39 is 0 Å². The normalized spacial score (nSPS) is 10.1. The Labute approximate surface area is 84.0 Å². The molecular formula is C10H16N4. The zero-order valence-electron chi connectivity index (χ0n) is 9.10. The summed E-state index contributed by atoms with van der Waals surface area (Å²) in [5, 5.41) is 4.03. The highest BCUT2D eigenvalue weighted by molar-refractivity contribution is 5.32. The summed E-state index contributed by atoms with van der Waals surface area (Å²) in [5.74, 6) is 0.429. The number of fused-ring (bicyclic) bond motifs is 1. The molecule has 0 aliphatic heterocycles. The number of hydrogen-bond acceptors (Lipinski definition) is 3. The SMILES string of the molecule is CC.CC(C)c1cn2ncnc2cn1. The van der Waals surface area contributed by atoms with Gasteiger partial charge in [0.15, 0.2) is 5.65 Å². The van der Waals surface area contributed by atoms with Gasteiger partial charge in [-0.25, -0.2) is 9.50 Å². The molecular weight excluding hydrogens is 176 g/mol. The van der Waals surface area contributed by atoms with E-state index in [1.54, 1.807) is 10.7 Å². The second kappa shape index (κ2) is 4.69. The Kier molecular flexibility index (Phi) is 3.56. The second-order valence-corrected chi connectivity index (χ2v) is 3.03. The van der Waals surface area contributed by atoms with Gasteiger partial charge < -0.3 is 0 Å². The molecule has 76 valence electrons. The van der Waals surface area contributed by atoms with Gasteiger partial charge in [0.05, 0.1) is 18.1 Å². The van der Waals surface area contributed by atoms with Gasteiger partial charge in [-0.15, -0.1) is 0 Å². The fraction of sp³-hybridized carbons (Fsp3) is 0.500. The Morgan fingerprint density at radius 2 is 1.93 bits per heavy atom. The first kappa shape index (κ1) is 10.6. The first-order chi connectivity index (χ1) is 6.77. The Hall–Kier alpha value is -1.45. The topological polar surface area (TPSA) is 43.1 Å². The first-order valence-corrected chi connectivity index (χ1v) is 4.92. The number of rotatable bonds is 1. The molecule has 2 aromatic heterocycles. The predicted molar refractivity (Wildman–Crippen MR) is 56.2 cm³/mol. The zero-order chi connectivity index (χ0) is 10.6. The molecule has 4 nitrogen and oxygen atoms in total. The monoisotopic (exact) mass is 192 g/mol. The highest BCUT2D eigenvalue weighted by Crippen LogP contribution is 2.10. The Morgan fingerprint density at radius 1 is 1.21 bits per heavy atom. The van der Waals surface area contributed by atoms with Crippen molar-refractivity contribution in [1.82, 2.24) is 19.6 Å². The maximum Gasteiger partial charge on any atom is 0.173 e. The van der Waals surface area contributed by atoms with Crippen molar-refractivity contribution >= 4 is 5.65 Å². The van der Waals surface area contributed by atoms with Gasteiger partial charge in [0.25, 0.3) is 0 Å². The molecule has 2 aromatic rings. The molecule has 14 heavy (non-hydrogen) atoms. The van der Waals surface area contributed by atoms with E-state index in [9.17, 15) is 0 Å².